The van der Waals surface area contributed by atoms with Crippen LogP contribution in [0, 0.1) is 0 Å². The molecule has 0 bridgehead atoms. The molecule has 0 saturated carbocycles. The van der Waals surface area contributed by atoms with E-state index >= 15 is 0 Å². The molecular weight excluding hydrogens is 448 g/mol. The molecule has 0 rings (SSSR count). The number of hydrogen-bond acceptors (Lipinski definition) is 4. The summed E-state index contributed by atoms with van der Waals surface area (Å²) in [5.74, 6) is -0.580. The lowest BCUT2D eigenvalue weighted by Crippen LogP contribution is -2.18. The topological polar surface area (TPSA) is 52.6 Å². The van der Waals surface area contributed by atoms with Gasteiger partial charge in [0.25, 0.3) is 0 Å². The van der Waals surface area contributed by atoms with Crippen LogP contribution < -0.4 is 0 Å². The number of carbonyl (C=O) groups excluding carboxylic acids is 2. The molecule has 0 radical (unpaired) electrons. The van der Waals surface area contributed by atoms with E-state index in [-0.39, 0.29) is 11.9 Å². The van der Waals surface area contributed by atoms with Crippen LogP contribution in [0.4, 0.5) is 0 Å². The van der Waals surface area contributed by atoms with E-state index in [1.165, 1.54) is 51.4 Å². The molecule has 0 N–H and O–H groups in total. The molecule has 4 nitrogen and oxygen atoms in total. The highest BCUT2D eigenvalue weighted by molar-refractivity contribution is 6.00. The molecule has 0 heterocycles. The van der Waals surface area contributed by atoms with Gasteiger partial charge in [0.2, 0.25) is 0 Å². The SMILES string of the molecule is CCCCCCCCOC(=O)C(CCCCCC)=C(CCCCCC)C(=O)OCCCCCCCC. The fourth-order valence-corrected chi connectivity index (χ4v) is 4.48. The molecule has 0 spiro atoms. The first kappa shape index (κ1) is 34.7. The van der Waals surface area contributed by atoms with Crippen LogP contribution >= 0.6 is 0 Å². The van der Waals surface area contributed by atoms with Crippen molar-refractivity contribution in [2.45, 2.75) is 169 Å². The van der Waals surface area contributed by atoms with Crippen LogP contribution in [-0.2, 0) is 19.1 Å². The van der Waals surface area contributed by atoms with Gasteiger partial charge in [0.1, 0.15) is 0 Å². The Balaban J connectivity index is 5.16. The molecule has 0 amide bonds. The van der Waals surface area contributed by atoms with Crippen LogP contribution in [0.25, 0.3) is 0 Å². The van der Waals surface area contributed by atoms with Gasteiger partial charge in [-0.25, -0.2) is 9.59 Å². The minimum Gasteiger partial charge on any atom is -0.462 e. The average molecular weight is 509 g/mol. The number of hydrogen-bond donors (Lipinski definition) is 0. The van der Waals surface area contributed by atoms with Gasteiger partial charge in [0.15, 0.2) is 0 Å². The second kappa shape index (κ2) is 26.7. The summed E-state index contributed by atoms with van der Waals surface area (Å²) < 4.78 is 11.4. The number of carbonyl (C=O) groups is 2. The molecule has 212 valence electrons. The Bertz CT molecular complexity index is 504. The van der Waals surface area contributed by atoms with Gasteiger partial charge >= 0.3 is 11.9 Å². The quantitative estimate of drug-likeness (QED) is 0.0662. The van der Waals surface area contributed by atoms with Gasteiger partial charge in [0, 0.05) is 11.1 Å². The Morgan fingerprint density at radius 3 is 1.00 bits per heavy atom. The lowest BCUT2D eigenvalue weighted by atomic mass is 9.96. The molecule has 0 aliphatic rings. The van der Waals surface area contributed by atoms with Crippen molar-refractivity contribution in [1.29, 1.82) is 0 Å². The maximum atomic E-state index is 13.2. The first-order valence-corrected chi connectivity index (χ1v) is 15.7. The Morgan fingerprint density at radius 1 is 0.389 bits per heavy atom. The first-order chi connectivity index (χ1) is 17.6. The van der Waals surface area contributed by atoms with Crippen LogP contribution in [0.5, 0.6) is 0 Å². The number of ether oxygens (including phenoxy) is 2. The van der Waals surface area contributed by atoms with E-state index in [4.69, 9.17) is 9.47 Å². The molecule has 0 aliphatic heterocycles. The van der Waals surface area contributed by atoms with Crippen molar-refractivity contribution < 1.29 is 19.1 Å². The van der Waals surface area contributed by atoms with E-state index in [9.17, 15) is 9.59 Å². The minimum absolute atomic E-state index is 0.290. The van der Waals surface area contributed by atoms with Gasteiger partial charge in [-0.2, -0.15) is 0 Å². The summed E-state index contributed by atoms with van der Waals surface area (Å²) >= 11 is 0. The highest BCUT2D eigenvalue weighted by Crippen LogP contribution is 2.23. The average Bonchev–Trinajstić information content (AvgIpc) is 2.88. The summed E-state index contributed by atoms with van der Waals surface area (Å²) in [5.41, 5.74) is 1.17. The van der Waals surface area contributed by atoms with Crippen LogP contribution in [0.1, 0.15) is 169 Å². The smallest absolute Gasteiger partial charge is 0.334 e. The monoisotopic (exact) mass is 508 g/mol. The molecule has 0 fully saturated rings. The zero-order valence-corrected chi connectivity index (χ0v) is 24.6. The van der Waals surface area contributed by atoms with Gasteiger partial charge in [0.05, 0.1) is 13.2 Å². The van der Waals surface area contributed by atoms with E-state index in [0.717, 1.165) is 77.0 Å². The summed E-state index contributed by atoms with van der Waals surface area (Å²) in [6, 6.07) is 0. The minimum atomic E-state index is -0.290. The fourth-order valence-electron chi connectivity index (χ4n) is 4.48. The summed E-state index contributed by atoms with van der Waals surface area (Å²) in [5, 5.41) is 0. The van der Waals surface area contributed by atoms with Crippen molar-refractivity contribution in [3.63, 3.8) is 0 Å². The van der Waals surface area contributed by atoms with Crippen molar-refractivity contribution in [2.75, 3.05) is 13.2 Å². The molecule has 0 aromatic carbocycles. The van der Waals surface area contributed by atoms with Gasteiger partial charge in [-0.1, -0.05) is 130 Å². The third-order valence-electron chi connectivity index (χ3n) is 6.88. The summed E-state index contributed by atoms with van der Waals surface area (Å²) in [6.45, 7) is 9.69. The molecule has 0 aliphatic carbocycles. The van der Waals surface area contributed by atoms with Crippen LogP contribution in [-0.4, -0.2) is 25.2 Å². The Morgan fingerprint density at radius 2 is 0.667 bits per heavy atom. The molecule has 0 atom stereocenters. The largest absolute Gasteiger partial charge is 0.462 e. The standard InChI is InChI=1S/C32H60O4/c1-5-9-13-17-19-23-27-35-31(33)29(25-21-15-11-7-3)30(26-22-16-12-8-4)32(34)36-28-24-20-18-14-10-6-2/h5-28H2,1-4H3. The second-order valence-corrected chi connectivity index (χ2v) is 10.4. The summed E-state index contributed by atoms with van der Waals surface area (Å²) in [4.78, 5) is 26.3. The van der Waals surface area contributed by atoms with E-state index < -0.39 is 0 Å². The molecule has 4 heteroatoms. The van der Waals surface area contributed by atoms with Gasteiger partial charge in [-0.3, -0.25) is 0 Å². The van der Waals surface area contributed by atoms with Gasteiger partial charge in [-0.15, -0.1) is 0 Å². The molecule has 0 unspecified atom stereocenters. The van der Waals surface area contributed by atoms with E-state index in [0.29, 0.717) is 37.2 Å². The highest BCUT2D eigenvalue weighted by Gasteiger charge is 2.23. The van der Waals surface area contributed by atoms with Crippen molar-refractivity contribution >= 4 is 11.9 Å². The van der Waals surface area contributed by atoms with Gasteiger partial charge in [-0.05, 0) is 38.5 Å². The van der Waals surface area contributed by atoms with Crippen LogP contribution in [0.15, 0.2) is 11.1 Å². The molecular formula is C32H60O4. The summed E-state index contributed by atoms with van der Waals surface area (Å²) in [7, 11) is 0. The Hall–Kier alpha value is -1.32. The summed E-state index contributed by atoms with van der Waals surface area (Å²) in [6.07, 6.45) is 23.6. The van der Waals surface area contributed by atoms with Crippen molar-refractivity contribution in [2.24, 2.45) is 0 Å². The number of rotatable bonds is 26. The second-order valence-electron chi connectivity index (χ2n) is 10.4. The van der Waals surface area contributed by atoms with Crippen molar-refractivity contribution in [3.8, 4) is 0 Å². The zero-order valence-electron chi connectivity index (χ0n) is 24.6. The number of esters is 2. The predicted octanol–water partition coefficient (Wildman–Crippen LogP) is 10.0. The first-order valence-electron chi connectivity index (χ1n) is 15.7. The van der Waals surface area contributed by atoms with E-state index in [2.05, 4.69) is 27.7 Å². The third kappa shape index (κ3) is 19.8. The van der Waals surface area contributed by atoms with Gasteiger partial charge < -0.3 is 9.47 Å². The zero-order chi connectivity index (χ0) is 26.7. The van der Waals surface area contributed by atoms with Crippen LogP contribution in [0.3, 0.4) is 0 Å². The molecule has 0 aromatic heterocycles. The Labute approximate surface area is 224 Å². The lowest BCUT2D eigenvalue weighted by Gasteiger charge is -2.15. The third-order valence-corrected chi connectivity index (χ3v) is 6.88. The molecule has 36 heavy (non-hydrogen) atoms. The predicted molar refractivity (Wildman–Crippen MR) is 153 cm³/mol. The normalized spacial score (nSPS) is 11.9. The van der Waals surface area contributed by atoms with E-state index in [1.807, 2.05) is 0 Å². The molecule has 0 aromatic rings. The lowest BCUT2D eigenvalue weighted by molar-refractivity contribution is -0.142. The maximum absolute atomic E-state index is 13.2. The molecule has 0 saturated heterocycles. The van der Waals surface area contributed by atoms with Crippen molar-refractivity contribution in [3.05, 3.63) is 11.1 Å². The fraction of sp³-hybridized carbons (Fsp3) is 0.875. The van der Waals surface area contributed by atoms with Crippen molar-refractivity contribution in [1.82, 2.24) is 0 Å². The number of unbranched alkanes of at least 4 members (excludes halogenated alkanes) is 16. The highest BCUT2D eigenvalue weighted by atomic mass is 16.5. The Kier molecular flexibility index (Phi) is 25.8. The van der Waals surface area contributed by atoms with Crippen LogP contribution in [0.2, 0.25) is 0 Å². The maximum Gasteiger partial charge on any atom is 0.334 e. The van der Waals surface area contributed by atoms with E-state index in [1.54, 1.807) is 0 Å².